The molecule has 1 aromatic carbocycles. The third-order valence-corrected chi connectivity index (χ3v) is 2.38. The molecule has 0 saturated carbocycles. The number of aliphatic hydroxyl groups excluding tert-OH is 1. The van der Waals surface area contributed by atoms with Gasteiger partial charge in [-0.05, 0) is 17.7 Å². The van der Waals surface area contributed by atoms with E-state index in [1.165, 1.54) is 0 Å². The third kappa shape index (κ3) is 3.44. The molecule has 3 N–H and O–H groups in total. The van der Waals surface area contributed by atoms with Crippen LogP contribution in [0.4, 0.5) is 0 Å². The molecule has 1 atom stereocenters. The van der Waals surface area contributed by atoms with Crippen molar-refractivity contribution in [2.45, 2.75) is 6.04 Å². The minimum Gasteiger partial charge on any atom is -0.394 e. The van der Waals surface area contributed by atoms with Crippen molar-refractivity contribution in [3.63, 3.8) is 0 Å². The highest BCUT2D eigenvalue weighted by molar-refractivity contribution is 9.10. The topological polar surface area (TPSA) is 46.2 Å². The van der Waals surface area contributed by atoms with Gasteiger partial charge in [-0.1, -0.05) is 33.6 Å². The van der Waals surface area contributed by atoms with E-state index in [0.29, 0.717) is 5.02 Å². The summed E-state index contributed by atoms with van der Waals surface area (Å²) in [7, 11) is 0. The van der Waals surface area contributed by atoms with Gasteiger partial charge in [-0.2, -0.15) is 0 Å². The van der Waals surface area contributed by atoms with E-state index in [9.17, 15) is 0 Å². The first-order valence-electron chi connectivity index (χ1n) is 3.46. The number of aliphatic hydroxyl groups is 1. The Bertz CT molecular complexity index is 283. The summed E-state index contributed by atoms with van der Waals surface area (Å²) in [5, 5.41) is 9.36. The molecule has 74 valence electrons. The molecule has 13 heavy (non-hydrogen) atoms. The molecule has 0 aliphatic heterocycles. The molecule has 0 saturated heterocycles. The summed E-state index contributed by atoms with van der Waals surface area (Å²) >= 11 is 9.16. The fraction of sp³-hybridized carbons (Fsp3) is 0.250. The van der Waals surface area contributed by atoms with E-state index in [-0.39, 0.29) is 19.0 Å². The van der Waals surface area contributed by atoms with Crippen molar-refractivity contribution < 1.29 is 5.11 Å². The van der Waals surface area contributed by atoms with Gasteiger partial charge in [-0.3, -0.25) is 0 Å². The molecule has 0 aliphatic carbocycles. The number of rotatable bonds is 2. The van der Waals surface area contributed by atoms with Crippen LogP contribution in [0.3, 0.4) is 0 Å². The van der Waals surface area contributed by atoms with E-state index in [2.05, 4.69) is 15.9 Å². The number of hydrogen-bond donors (Lipinski definition) is 2. The van der Waals surface area contributed by atoms with Gasteiger partial charge >= 0.3 is 0 Å². The maximum absolute atomic E-state index is 8.79. The van der Waals surface area contributed by atoms with Crippen LogP contribution in [0, 0.1) is 0 Å². The predicted molar refractivity (Wildman–Crippen MR) is 60.4 cm³/mol. The average Bonchev–Trinajstić information content (AvgIpc) is 2.03. The minimum absolute atomic E-state index is 0. The highest BCUT2D eigenvalue weighted by Crippen LogP contribution is 2.24. The summed E-state index contributed by atoms with van der Waals surface area (Å²) in [6, 6.07) is 5.00. The van der Waals surface area contributed by atoms with Crippen molar-refractivity contribution in [3.05, 3.63) is 33.3 Å². The van der Waals surface area contributed by atoms with Gasteiger partial charge in [0.25, 0.3) is 0 Å². The lowest BCUT2D eigenvalue weighted by Crippen LogP contribution is -2.14. The van der Waals surface area contributed by atoms with Gasteiger partial charge in [0.05, 0.1) is 12.6 Å². The van der Waals surface area contributed by atoms with Crippen molar-refractivity contribution in [2.75, 3.05) is 6.61 Å². The second-order valence-corrected chi connectivity index (χ2v) is 3.78. The van der Waals surface area contributed by atoms with Gasteiger partial charge in [0.2, 0.25) is 0 Å². The van der Waals surface area contributed by atoms with Crippen molar-refractivity contribution >= 4 is 39.9 Å². The van der Waals surface area contributed by atoms with Crippen LogP contribution < -0.4 is 5.73 Å². The summed E-state index contributed by atoms with van der Waals surface area (Å²) in [6.45, 7) is -0.0959. The fourth-order valence-electron chi connectivity index (χ4n) is 0.901. The van der Waals surface area contributed by atoms with E-state index >= 15 is 0 Å². The Labute approximate surface area is 96.6 Å². The van der Waals surface area contributed by atoms with E-state index in [1.54, 1.807) is 12.1 Å². The minimum atomic E-state index is -0.398. The van der Waals surface area contributed by atoms with E-state index in [4.69, 9.17) is 22.4 Å². The molecule has 0 aliphatic rings. The van der Waals surface area contributed by atoms with Gasteiger partial charge in [-0.25, -0.2) is 0 Å². The van der Waals surface area contributed by atoms with E-state index in [1.807, 2.05) is 6.07 Å². The molecule has 0 aromatic heterocycles. The van der Waals surface area contributed by atoms with Crippen LogP contribution in [0.1, 0.15) is 11.6 Å². The third-order valence-electron chi connectivity index (χ3n) is 1.56. The Morgan fingerprint density at radius 3 is 2.62 bits per heavy atom. The summed E-state index contributed by atoms with van der Waals surface area (Å²) in [5.41, 5.74) is 6.36. The first kappa shape index (κ1) is 13.2. The molecule has 2 nitrogen and oxygen atoms in total. The quantitative estimate of drug-likeness (QED) is 0.878. The fourth-order valence-corrected chi connectivity index (χ4v) is 1.71. The molecule has 1 aromatic rings. The number of halogens is 3. The predicted octanol–water partition coefficient (Wildman–Crippen LogP) is 2.52. The molecule has 0 amide bonds. The Morgan fingerprint density at radius 2 is 2.15 bits per heavy atom. The molecule has 0 bridgehead atoms. The lowest BCUT2D eigenvalue weighted by atomic mass is 10.1. The number of nitrogens with two attached hydrogens (primary N) is 1. The first-order chi connectivity index (χ1) is 5.65. The van der Waals surface area contributed by atoms with Gasteiger partial charge in [-0.15, -0.1) is 12.4 Å². The standard InChI is InChI=1S/C8H9BrClNO.ClH/c9-5-1-2-6(7(10)3-5)8(11)4-12;/h1-3,8,12H,4,11H2;1H/t8-;/m1./s1. The van der Waals surface area contributed by atoms with Crippen molar-refractivity contribution in [3.8, 4) is 0 Å². The zero-order valence-electron chi connectivity index (χ0n) is 6.71. The van der Waals surface area contributed by atoms with Crippen molar-refractivity contribution in [1.29, 1.82) is 0 Å². The first-order valence-corrected chi connectivity index (χ1v) is 4.63. The van der Waals surface area contributed by atoms with Gasteiger partial charge in [0.15, 0.2) is 0 Å². The van der Waals surface area contributed by atoms with Crippen molar-refractivity contribution in [1.82, 2.24) is 0 Å². The molecule has 0 spiro atoms. The van der Waals surface area contributed by atoms with Gasteiger partial charge in [0, 0.05) is 9.50 Å². The number of benzene rings is 1. The lowest BCUT2D eigenvalue weighted by molar-refractivity contribution is 0.268. The molecule has 0 heterocycles. The molecule has 0 radical (unpaired) electrons. The second-order valence-electron chi connectivity index (χ2n) is 2.45. The lowest BCUT2D eigenvalue weighted by Gasteiger charge is -2.10. The van der Waals surface area contributed by atoms with Crippen LogP contribution in [0.2, 0.25) is 5.02 Å². The van der Waals surface area contributed by atoms with Gasteiger partial charge in [0.1, 0.15) is 0 Å². The SMILES string of the molecule is Cl.N[C@H](CO)c1ccc(Br)cc1Cl. The molecular weight excluding hydrogens is 277 g/mol. The summed E-state index contributed by atoms with van der Waals surface area (Å²) < 4.78 is 0.904. The maximum Gasteiger partial charge on any atom is 0.0624 e. The second kappa shape index (κ2) is 5.83. The Hall–Kier alpha value is 0.200. The van der Waals surface area contributed by atoms with Crippen LogP contribution in [-0.4, -0.2) is 11.7 Å². The maximum atomic E-state index is 8.79. The Balaban J connectivity index is 0.00000144. The largest absolute Gasteiger partial charge is 0.394 e. The van der Waals surface area contributed by atoms with Crippen molar-refractivity contribution in [2.24, 2.45) is 5.73 Å². The Kier molecular flexibility index (Phi) is 5.92. The zero-order valence-corrected chi connectivity index (χ0v) is 9.86. The van der Waals surface area contributed by atoms with Crippen LogP contribution in [-0.2, 0) is 0 Å². The molecule has 0 fully saturated rings. The molecule has 1 rings (SSSR count). The smallest absolute Gasteiger partial charge is 0.0624 e. The summed E-state index contributed by atoms with van der Waals surface area (Å²) in [6.07, 6.45) is 0. The van der Waals surface area contributed by atoms with E-state index < -0.39 is 6.04 Å². The number of hydrogen-bond acceptors (Lipinski definition) is 2. The van der Waals surface area contributed by atoms with Crippen LogP contribution in [0.5, 0.6) is 0 Å². The Morgan fingerprint density at radius 1 is 1.54 bits per heavy atom. The molecular formula is C8H10BrCl2NO. The van der Waals surface area contributed by atoms with Crippen LogP contribution in [0.25, 0.3) is 0 Å². The summed E-state index contributed by atoms with van der Waals surface area (Å²) in [4.78, 5) is 0. The van der Waals surface area contributed by atoms with Crippen LogP contribution >= 0.6 is 39.9 Å². The molecule has 0 unspecified atom stereocenters. The zero-order chi connectivity index (χ0) is 9.14. The van der Waals surface area contributed by atoms with Gasteiger partial charge < -0.3 is 10.8 Å². The summed E-state index contributed by atoms with van der Waals surface area (Å²) in [5.74, 6) is 0. The highest BCUT2D eigenvalue weighted by Gasteiger charge is 2.08. The monoisotopic (exact) mass is 285 g/mol. The molecule has 5 heteroatoms. The highest BCUT2D eigenvalue weighted by atomic mass is 79.9. The van der Waals surface area contributed by atoms with Crippen LogP contribution in [0.15, 0.2) is 22.7 Å². The average molecular weight is 287 g/mol. The van der Waals surface area contributed by atoms with E-state index in [0.717, 1.165) is 10.0 Å². The normalized spacial score (nSPS) is 12.0.